The summed E-state index contributed by atoms with van der Waals surface area (Å²) in [6.07, 6.45) is 3.51. The predicted octanol–water partition coefficient (Wildman–Crippen LogP) is 2.02. The number of rotatable bonds is 4. The molecule has 0 atom stereocenters. The molecule has 0 saturated carbocycles. The van der Waals surface area contributed by atoms with Gasteiger partial charge in [0.15, 0.2) is 0 Å². The number of aromatic amines is 1. The number of nitrogens with zero attached hydrogens (tertiary/aromatic N) is 3. The lowest BCUT2D eigenvalue weighted by Gasteiger charge is -2.00. The van der Waals surface area contributed by atoms with E-state index in [2.05, 4.69) is 15.3 Å². The molecule has 0 unspecified atom stereocenters. The van der Waals surface area contributed by atoms with E-state index in [9.17, 15) is 4.79 Å². The monoisotopic (exact) mass is 268 g/mol. The summed E-state index contributed by atoms with van der Waals surface area (Å²) < 4.78 is 1.79. The lowest BCUT2D eigenvalue weighted by molar-refractivity contribution is 0.0690. The Bertz CT molecular complexity index is 730. The Morgan fingerprint density at radius 2 is 2.10 bits per heavy atom. The minimum atomic E-state index is -1.03. The molecule has 0 bridgehead atoms. The molecule has 20 heavy (non-hydrogen) atoms. The average Bonchev–Trinajstić information content (AvgIpc) is 3.08. The molecule has 0 fully saturated rings. The zero-order chi connectivity index (χ0) is 13.9. The molecule has 100 valence electrons. The highest BCUT2D eigenvalue weighted by atomic mass is 16.4. The molecule has 2 aromatic heterocycles. The number of hydrogen-bond donors (Lipinski definition) is 2. The summed E-state index contributed by atoms with van der Waals surface area (Å²) >= 11 is 0. The van der Waals surface area contributed by atoms with Gasteiger partial charge in [-0.05, 0) is 11.6 Å². The van der Waals surface area contributed by atoms with Gasteiger partial charge in [-0.2, -0.15) is 10.2 Å². The smallest absolute Gasteiger partial charge is 0.353 e. The first-order valence-corrected chi connectivity index (χ1v) is 6.08. The van der Waals surface area contributed by atoms with Crippen molar-refractivity contribution in [3.8, 4) is 11.3 Å². The van der Waals surface area contributed by atoms with Crippen molar-refractivity contribution < 1.29 is 9.90 Å². The van der Waals surface area contributed by atoms with Crippen molar-refractivity contribution in [1.29, 1.82) is 0 Å². The maximum absolute atomic E-state index is 10.8. The van der Waals surface area contributed by atoms with Gasteiger partial charge in [0, 0.05) is 11.8 Å². The molecule has 0 aliphatic rings. The van der Waals surface area contributed by atoms with Gasteiger partial charge in [-0.1, -0.05) is 30.3 Å². The molecule has 3 aromatic rings. The number of hydrogen-bond acceptors (Lipinski definition) is 3. The van der Waals surface area contributed by atoms with Crippen LogP contribution in [0.1, 0.15) is 16.1 Å². The van der Waals surface area contributed by atoms with Crippen molar-refractivity contribution in [1.82, 2.24) is 20.0 Å². The van der Waals surface area contributed by atoms with Gasteiger partial charge in [-0.25, -0.2) is 4.79 Å². The summed E-state index contributed by atoms with van der Waals surface area (Å²) in [6, 6.07) is 11.5. The minimum Gasteiger partial charge on any atom is -0.477 e. The van der Waals surface area contributed by atoms with Crippen LogP contribution in [0.3, 0.4) is 0 Å². The van der Waals surface area contributed by atoms with Gasteiger partial charge in [0.1, 0.15) is 5.69 Å². The molecular formula is C14H12N4O2. The number of benzene rings is 1. The first-order valence-electron chi connectivity index (χ1n) is 6.08. The van der Waals surface area contributed by atoms with E-state index in [0.29, 0.717) is 12.2 Å². The summed E-state index contributed by atoms with van der Waals surface area (Å²) in [5.74, 6) is -1.03. The van der Waals surface area contributed by atoms with Gasteiger partial charge in [-0.15, -0.1) is 0 Å². The van der Waals surface area contributed by atoms with E-state index >= 15 is 0 Å². The fraction of sp³-hybridized carbons (Fsp3) is 0.0714. The average molecular weight is 268 g/mol. The third-order valence-corrected chi connectivity index (χ3v) is 2.92. The van der Waals surface area contributed by atoms with Crippen LogP contribution in [0.25, 0.3) is 11.3 Å². The standard InChI is InChI=1S/C14H12N4O2/c19-14(20)13-6-12(16-17-13)11-7-15-18(9-11)8-10-4-2-1-3-5-10/h1-7,9H,8H2,(H,16,17)(H,19,20). The number of carbonyl (C=O) groups is 1. The van der Waals surface area contributed by atoms with Gasteiger partial charge in [-0.3, -0.25) is 9.78 Å². The third kappa shape index (κ3) is 2.44. The summed E-state index contributed by atoms with van der Waals surface area (Å²) in [7, 11) is 0. The second-order valence-electron chi connectivity index (χ2n) is 4.38. The summed E-state index contributed by atoms with van der Waals surface area (Å²) in [6.45, 7) is 0.664. The van der Waals surface area contributed by atoms with Crippen LogP contribution in [0.2, 0.25) is 0 Å². The number of aromatic nitrogens is 4. The molecule has 0 aliphatic carbocycles. The first kappa shape index (κ1) is 12.2. The Morgan fingerprint density at radius 3 is 2.80 bits per heavy atom. The number of H-pyrrole nitrogens is 1. The molecule has 6 heteroatoms. The van der Waals surface area contributed by atoms with Gasteiger partial charge in [0.25, 0.3) is 0 Å². The van der Waals surface area contributed by atoms with Gasteiger partial charge in [0.05, 0.1) is 18.4 Å². The SMILES string of the molecule is O=C(O)c1cc(-c2cnn(Cc3ccccc3)c2)n[nH]1. The van der Waals surface area contributed by atoms with Crippen molar-refractivity contribution in [2.24, 2.45) is 0 Å². The number of carboxylic acid groups (broad SMARTS) is 1. The van der Waals surface area contributed by atoms with Crippen molar-refractivity contribution in [2.45, 2.75) is 6.54 Å². The topological polar surface area (TPSA) is 83.8 Å². The van der Waals surface area contributed by atoms with Crippen molar-refractivity contribution in [3.05, 3.63) is 60.0 Å². The van der Waals surface area contributed by atoms with E-state index in [0.717, 1.165) is 11.1 Å². The second kappa shape index (κ2) is 5.00. The summed E-state index contributed by atoms with van der Waals surface area (Å²) in [5.41, 5.74) is 2.57. The van der Waals surface area contributed by atoms with E-state index in [1.165, 1.54) is 6.07 Å². The van der Waals surface area contributed by atoms with Gasteiger partial charge >= 0.3 is 5.97 Å². The van der Waals surface area contributed by atoms with E-state index in [1.807, 2.05) is 36.5 Å². The van der Waals surface area contributed by atoms with Crippen molar-refractivity contribution in [2.75, 3.05) is 0 Å². The minimum absolute atomic E-state index is 0.0656. The molecule has 0 aliphatic heterocycles. The maximum Gasteiger partial charge on any atom is 0.353 e. The van der Waals surface area contributed by atoms with Gasteiger partial charge < -0.3 is 5.11 Å². The molecule has 0 spiro atoms. The van der Waals surface area contributed by atoms with Crippen LogP contribution in [-0.2, 0) is 6.54 Å². The highest BCUT2D eigenvalue weighted by Crippen LogP contribution is 2.17. The van der Waals surface area contributed by atoms with E-state index in [-0.39, 0.29) is 5.69 Å². The summed E-state index contributed by atoms with van der Waals surface area (Å²) in [4.78, 5) is 10.8. The Morgan fingerprint density at radius 1 is 1.30 bits per heavy atom. The zero-order valence-corrected chi connectivity index (χ0v) is 10.5. The second-order valence-corrected chi connectivity index (χ2v) is 4.38. The first-order chi connectivity index (χ1) is 9.72. The molecular weight excluding hydrogens is 256 g/mol. The molecule has 0 saturated heterocycles. The van der Waals surface area contributed by atoms with Crippen molar-refractivity contribution >= 4 is 5.97 Å². The number of carboxylic acids is 1. The van der Waals surface area contributed by atoms with E-state index in [1.54, 1.807) is 10.9 Å². The molecule has 2 N–H and O–H groups in total. The van der Waals surface area contributed by atoms with Gasteiger partial charge in [0.2, 0.25) is 0 Å². The van der Waals surface area contributed by atoms with Crippen LogP contribution in [-0.4, -0.2) is 31.1 Å². The van der Waals surface area contributed by atoms with Crippen LogP contribution in [0.15, 0.2) is 48.8 Å². The normalized spacial score (nSPS) is 10.6. The third-order valence-electron chi connectivity index (χ3n) is 2.92. The van der Waals surface area contributed by atoms with Crippen LogP contribution < -0.4 is 0 Å². The Hall–Kier alpha value is -2.89. The molecule has 2 heterocycles. The fourth-order valence-electron chi connectivity index (χ4n) is 1.93. The highest BCUT2D eigenvalue weighted by Gasteiger charge is 2.10. The van der Waals surface area contributed by atoms with E-state index < -0.39 is 5.97 Å². The highest BCUT2D eigenvalue weighted by molar-refractivity contribution is 5.86. The predicted molar refractivity (Wildman–Crippen MR) is 72.3 cm³/mol. The molecule has 0 amide bonds. The van der Waals surface area contributed by atoms with Crippen LogP contribution in [0.4, 0.5) is 0 Å². The van der Waals surface area contributed by atoms with Crippen molar-refractivity contribution in [3.63, 3.8) is 0 Å². The molecule has 6 nitrogen and oxygen atoms in total. The van der Waals surface area contributed by atoms with Crippen LogP contribution in [0.5, 0.6) is 0 Å². The quantitative estimate of drug-likeness (QED) is 0.758. The lowest BCUT2D eigenvalue weighted by Crippen LogP contribution is -1.99. The largest absolute Gasteiger partial charge is 0.477 e. The summed E-state index contributed by atoms with van der Waals surface area (Å²) in [5, 5.41) is 19.6. The fourth-order valence-corrected chi connectivity index (χ4v) is 1.93. The molecule has 3 rings (SSSR count). The Kier molecular flexibility index (Phi) is 3.04. The zero-order valence-electron chi connectivity index (χ0n) is 10.5. The van der Waals surface area contributed by atoms with Crippen LogP contribution in [0, 0.1) is 0 Å². The number of nitrogens with one attached hydrogen (secondary N) is 1. The maximum atomic E-state index is 10.8. The Balaban J connectivity index is 1.81. The number of aromatic carboxylic acids is 1. The van der Waals surface area contributed by atoms with E-state index in [4.69, 9.17) is 5.11 Å². The molecule has 0 radical (unpaired) electrons. The lowest BCUT2D eigenvalue weighted by atomic mass is 10.2. The molecule has 1 aromatic carbocycles. The van der Waals surface area contributed by atoms with Crippen LogP contribution >= 0.6 is 0 Å². The Labute approximate surface area is 114 Å².